The Balaban J connectivity index is 1.77. The maximum Gasteiger partial charge on any atom is 0.219 e. The Morgan fingerprint density at radius 3 is 2.43 bits per heavy atom. The zero-order valence-electron chi connectivity index (χ0n) is 17.3. The van der Waals surface area contributed by atoms with Crippen LogP contribution in [-0.4, -0.2) is 42.1 Å². The second-order valence-electron chi connectivity index (χ2n) is 7.81. The van der Waals surface area contributed by atoms with Gasteiger partial charge in [-0.25, -0.2) is 8.42 Å². The van der Waals surface area contributed by atoms with Gasteiger partial charge in [-0.15, -0.1) is 0 Å². The Morgan fingerprint density at radius 2 is 1.80 bits per heavy atom. The molecule has 1 heterocycles. The van der Waals surface area contributed by atoms with Crippen LogP contribution in [0, 0.1) is 0 Å². The SMILES string of the molecule is COc1ccc(CCCC2(C(O)=S)CCCCN2S(=O)(=O)Cc2ccccc2)cc1. The molecule has 30 heavy (non-hydrogen) atoms. The predicted octanol–water partition coefficient (Wildman–Crippen LogP) is 4.66. The fourth-order valence-electron chi connectivity index (χ4n) is 4.23. The first-order valence-corrected chi connectivity index (χ1v) is 12.3. The third-order valence-corrected chi connectivity index (χ3v) is 8.10. The molecule has 0 saturated carbocycles. The van der Waals surface area contributed by atoms with Gasteiger partial charge in [0.25, 0.3) is 0 Å². The summed E-state index contributed by atoms with van der Waals surface area (Å²) in [6.45, 7) is 0.387. The molecule has 3 rings (SSSR count). The quantitative estimate of drug-likeness (QED) is 0.567. The summed E-state index contributed by atoms with van der Waals surface area (Å²) in [6.07, 6.45) is 4.18. The first-order valence-electron chi connectivity index (χ1n) is 10.3. The molecule has 2 aromatic carbocycles. The second-order valence-corrected chi connectivity index (χ2v) is 10.1. The van der Waals surface area contributed by atoms with Crippen LogP contribution in [0.4, 0.5) is 0 Å². The van der Waals surface area contributed by atoms with Crippen molar-refractivity contribution in [1.29, 1.82) is 0 Å². The molecule has 1 N–H and O–H groups in total. The first-order chi connectivity index (χ1) is 14.4. The first kappa shape index (κ1) is 22.7. The Bertz CT molecular complexity index is 945. The fourth-order valence-corrected chi connectivity index (χ4v) is 6.58. The molecular formula is C23H29NO4S2. The molecule has 1 aliphatic rings. The van der Waals surface area contributed by atoms with Crippen molar-refractivity contribution in [3.05, 3.63) is 65.7 Å². The molecule has 1 atom stereocenters. The van der Waals surface area contributed by atoms with E-state index in [0.717, 1.165) is 42.6 Å². The summed E-state index contributed by atoms with van der Waals surface area (Å²) in [4.78, 5) is 0. The minimum Gasteiger partial charge on any atom is -0.501 e. The van der Waals surface area contributed by atoms with E-state index in [9.17, 15) is 13.5 Å². The molecular weight excluding hydrogens is 418 g/mol. The van der Waals surface area contributed by atoms with Crippen LogP contribution in [0.5, 0.6) is 5.75 Å². The lowest BCUT2D eigenvalue weighted by molar-refractivity contribution is 0.167. The topological polar surface area (TPSA) is 66.8 Å². The molecule has 1 saturated heterocycles. The smallest absolute Gasteiger partial charge is 0.219 e. The van der Waals surface area contributed by atoms with Crippen molar-refractivity contribution >= 4 is 27.3 Å². The number of ether oxygens (including phenoxy) is 1. The summed E-state index contributed by atoms with van der Waals surface area (Å²) < 4.78 is 33.3. The fraction of sp³-hybridized carbons (Fsp3) is 0.435. The van der Waals surface area contributed by atoms with Gasteiger partial charge in [0.1, 0.15) is 11.3 Å². The molecule has 1 aliphatic heterocycles. The van der Waals surface area contributed by atoms with Gasteiger partial charge in [-0.3, -0.25) is 0 Å². The number of methoxy groups -OCH3 is 1. The molecule has 1 unspecified atom stereocenters. The van der Waals surface area contributed by atoms with Crippen molar-refractivity contribution in [3.63, 3.8) is 0 Å². The van der Waals surface area contributed by atoms with Crippen LogP contribution < -0.4 is 4.74 Å². The van der Waals surface area contributed by atoms with E-state index in [0.29, 0.717) is 19.4 Å². The van der Waals surface area contributed by atoms with Crippen LogP contribution in [-0.2, 0) is 22.2 Å². The highest BCUT2D eigenvalue weighted by Crippen LogP contribution is 2.37. The van der Waals surface area contributed by atoms with E-state index >= 15 is 0 Å². The van der Waals surface area contributed by atoms with Gasteiger partial charge < -0.3 is 9.84 Å². The molecule has 0 aliphatic carbocycles. The van der Waals surface area contributed by atoms with Crippen LogP contribution in [0.15, 0.2) is 54.6 Å². The molecule has 2 aromatic rings. The van der Waals surface area contributed by atoms with Gasteiger partial charge >= 0.3 is 0 Å². The van der Waals surface area contributed by atoms with Crippen molar-refractivity contribution in [2.45, 2.75) is 49.8 Å². The van der Waals surface area contributed by atoms with E-state index in [4.69, 9.17) is 17.0 Å². The molecule has 7 heteroatoms. The number of sulfonamides is 1. The van der Waals surface area contributed by atoms with Crippen LogP contribution in [0.25, 0.3) is 0 Å². The summed E-state index contributed by atoms with van der Waals surface area (Å²) in [7, 11) is -1.99. The van der Waals surface area contributed by atoms with E-state index < -0.39 is 15.6 Å². The van der Waals surface area contributed by atoms with Gasteiger partial charge in [0, 0.05) is 6.54 Å². The average Bonchev–Trinajstić information content (AvgIpc) is 2.74. The maximum absolute atomic E-state index is 13.3. The average molecular weight is 448 g/mol. The highest BCUT2D eigenvalue weighted by Gasteiger charge is 2.48. The Labute approximate surface area is 184 Å². The maximum atomic E-state index is 13.3. The highest BCUT2D eigenvalue weighted by atomic mass is 32.2. The number of aliphatic hydroxyl groups excluding tert-OH is 1. The largest absolute Gasteiger partial charge is 0.501 e. The summed E-state index contributed by atoms with van der Waals surface area (Å²) in [5.41, 5.74) is 0.872. The number of aryl methyl sites for hydroxylation is 1. The Kier molecular flexibility index (Phi) is 7.50. The summed E-state index contributed by atoms with van der Waals surface area (Å²) in [6, 6.07) is 17.0. The summed E-state index contributed by atoms with van der Waals surface area (Å²) >= 11 is 5.23. The second kappa shape index (κ2) is 9.90. The molecule has 5 nitrogen and oxygen atoms in total. The molecule has 0 bridgehead atoms. The lowest BCUT2D eigenvalue weighted by atomic mass is 9.84. The third-order valence-electron chi connectivity index (χ3n) is 5.82. The van der Waals surface area contributed by atoms with Gasteiger partial charge in [-0.05, 0) is 74.0 Å². The number of piperidine rings is 1. The normalized spacial score (nSPS) is 20.0. The van der Waals surface area contributed by atoms with Gasteiger partial charge in [0.2, 0.25) is 10.0 Å². The van der Waals surface area contributed by atoms with E-state index in [1.807, 2.05) is 54.6 Å². The molecule has 0 amide bonds. The minimum atomic E-state index is -3.62. The van der Waals surface area contributed by atoms with Crippen molar-refractivity contribution in [1.82, 2.24) is 4.31 Å². The van der Waals surface area contributed by atoms with Gasteiger partial charge in [0.15, 0.2) is 5.05 Å². The number of nitrogens with zero attached hydrogens (tertiary/aromatic N) is 1. The lowest BCUT2D eigenvalue weighted by Crippen LogP contribution is -2.59. The number of hydrogen-bond acceptors (Lipinski definition) is 4. The summed E-state index contributed by atoms with van der Waals surface area (Å²) in [5, 5.41) is 10.3. The highest BCUT2D eigenvalue weighted by molar-refractivity contribution is 7.88. The monoisotopic (exact) mass is 447 g/mol. The van der Waals surface area contributed by atoms with E-state index in [2.05, 4.69) is 0 Å². The molecule has 0 radical (unpaired) electrons. The lowest BCUT2D eigenvalue weighted by Gasteiger charge is -2.44. The Hall–Kier alpha value is -1.96. The third kappa shape index (κ3) is 5.20. The number of hydrogen-bond donors (Lipinski definition) is 1. The molecule has 1 fully saturated rings. The number of aliphatic hydroxyl groups is 1. The molecule has 0 spiro atoms. The minimum absolute atomic E-state index is 0.0866. The van der Waals surface area contributed by atoms with Gasteiger partial charge in [0.05, 0.1) is 12.9 Å². The molecule has 0 aromatic heterocycles. The van der Waals surface area contributed by atoms with Crippen molar-refractivity contribution < 1.29 is 18.3 Å². The summed E-state index contributed by atoms with van der Waals surface area (Å²) in [5.74, 6) is 0.716. The van der Waals surface area contributed by atoms with Crippen LogP contribution in [0.1, 0.15) is 43.2 Å². The van der Waals surface area contributed by atoms with E-state index in [1.54, 1.807) is 7.11 Å². The van der Waals surface area contributed by atoms with Gasteiger partial charge in [-0.2, -0.15) is 4.31 Å². The van der Waals surface area contributed by atoms with E-state index in [-0.39, 0.29) is 10.8 Å². The van der Waals surface area contributed by atoms with Gasteiger partial charge in [-0.1, -0.05) is 42.5 Å². The standard InChI is InChI=1S/C23H29NO4S2/c1-28-21-13-11-19(12-14-21)10-7-16-23(22(25)29)15-5-6-17-24(23)30(26,27)18-20-8-3-2-4-9-20/h2-4,8-9,11-14H,5-7,10,15-18H2,1H3,(H,25,29). The van der Waals surface area contributed by atoms with Crippen molar-refractivity contribution in [2.75, 3.05) is 13.7 Å². The number of rotatable bonds is 9. The molecule has 162 valence electrons. The van der Waals surface area contributed by atoms with Crippen molar-refractivity contribution in [3.8, 4) is 5.75 Å². The van der Waals surface area contributed by atoms with E-state index in [1.165, 1.54) is 4.31 Å². The zero-order valence-corrected chi connectivity index (χ0v) is 18.9. The van der Waals surface area contributed by atoms with Crippen LogP contribution >= 0.6 is 12.2 Å². The van der Waals surface area contributed by atoms with Crippen LogP contribution in [0.2, 0.25) is 0 Å². The predicted molar refractivity (Wildman–Crippen MR) is 124 cm³/mol. The number of thiocarbonyl (C=S) groups is 1. The van der Waals surface area contributed by atoms with Crippen molar-refractivity contribution in [2.24, 2.45) is 0 Å². The zero-order chi connectivity index (χ0) is 21.6. The number of benzene rings is 2. The Morgan fingerprint density at radius 1 is 1.10 bits per heavy atom. The van der Waals surface area contributed by atoms with Crippen LogP contribution in [0.3, 0.4) is 0 Å².